The third-order valence-corrected chi connectivity index (χ3v) is 6.48. The van der Waals surface area contributed by atoms with Crippen molar-refractivity contribution >= 4 is 23.4 Å². The molecule has 4 rings (SSSR count). The molecule has 0 atom stereocenters. The summed E-state index contributed by atoms with van der Waals surface area (Å²) in [6, 6.07) is 15.8. The van der Waals surface area contributed by atoms with Gasteiger partial charge >= 0.3 is 5.69 Å². The van der Waals surface area contributed by atoms with E-state index in [0.29, 0.717) is 11.4 Å². The van der Waals surface area contributed by atoms with E-state index in [1.54, 1.807) is 0 Å². The van der Waals surface area contributed by atoms with Crippen molar-refractivity contribution in [1.82, 2.24) is 24.3 Å². The summed E-state index contributed by atoms with van der Waals surface area (Å²) in [5.74, 6) is -0.833. The van der Waals surface area contributed by atoms with Crippen LogP contribution >= 0.6 is 11.8 Å². The number of aromatic nitrogens is 5. The highest BCUT2D eigenvalue weighted by atomic mass is 32.2. The van der Waals surface area contributed by atoms with E-state index in [2.05, 4.69) is 10.2 Å². The Morgan fingerprint density at radius 3 is 1.97 bits per heavy atom. The Labute approximate surface area is 205 Å². The van der Waals surface area contributed by atoms with Gasteiger partial charge in [-0.05, 0) is 13.8 Å². The molecule has 2 aromatic heterocycles. The van der Waals surface area contributed by atoms with Gasteiger partial charge < -0.3 is 5.73 Å². The molecule has 0 unspecified atom stereocenters. The number of ketones is 1. The van der Waals surface area contributed by atoms with Gasteiger partial charge in [-0.1, -0.05) is 71.4 Å². The van der Waals surface area contributed by atoms with Crippen LogP contribution in [0.2, 0.25) is 0 Å². The molecule has 178 valence electrons. The molecule has 0 bridgehead atoms. The van der Waals surface area contributed by atoms with E-state index in [4.69, 9.17) is 10.7 Å². The molecule has 0 fully saturated rings. The van der Waals surface area contributed by atoms with Crippen molar-refractivity contribution in [3.05, 3.63) is 86.1 Å². The third-order valence-electron chi connectivity index (χ3n) is 5.64. The molecule has 4 aromatic rings. The van der Waals surface area contributed by atoms with Crippen molar-refractivity contribution in [3.63, 3.8) is 0 Å². The van der Waals surface area contributed by atoms with Crippen LogP contribution in [0, 0.1) is 13.8 Å². The SMILES string of the molecule is Cc1ccc(-c2nnc(SCC(=O)c3c(N)n(C)c(=O)n(C)c3=O)nc2-c2ccc(C)cc2)cc1. The first-order valence-electron chi connectivity index (χ1n) is 10.8. The zero-order chi connectivity index (χ0) is 25.3. The Morgan fingerprint density at radius 1 is 0.857 bits per heavy atom. The summed E-state index contributed by atoms with van der Waals surface area (Å²) in [5, 5.41) is 8.93. The Bertz CT molecular complexity index is 1540. The van der Waals surface area contributed by atoms with Crippen LogP contribution in [0.5, 0.6) is 0 Å². The fourth-order valence-corrected chi connectivity index (χ4v) is 4.17. The minimum absolute atomic E-state index is 0.142. The van der Waals surface area contributed by atoms with Gasteiger partial charge in [0.1, 0.15) is 22.8 Å². The van der Waals surface area contributed by atoms with E-state index < -0.39 is 17.0 Å². The van der Waals surface area contributed by atoms with Gasteiger partial charge in [-0.15, -0.1) is 10.2 Å². The number of thioether (sulfide) groups is 1. The van der Waals surface area contributed by atoms with E-state index in [9.17, 15) is 14.4 Å². The van der Waals surface area contributed by atoms with Gasteiger partial charge in [0.05, 0.1) is 5.75 Å². The molecule has 0 saturated heterocycles. The fourth-order valence-electron chi connectivity index (χ4n) is 3.52. The molecule has 0 aliphatic heterocycles. The lowest BCUT2D eigenvalue weighted by molar-refractivity contribution is 0.102. The van der Waals surface area contributed by atoms with E-state index >= 15 is 0 Å². The minimum atomic E-state index is -0.731. The second kappa shape index (κ2) is 9.67. The molecular formula is C25H24N6O3S. The molecule has 2 aromatic carbocycles. The molecule has 0 spiro atoms. The Balaban J connectivity index is 1.69. The molecule has 0 amide bonds. The van der Waals surface area contributed by atoms with Gasteiger partial charge in [0, 0.05) is 25.2 Å². The Hall–Kier alpha value is -4.05. The van der Waals surface area contributed by atoms with Crippen LogP contribution < -0.4 is 17.0 Å². The lowest BCUT2D eigenvalue weighted by Crippen LogP contribution is -2.41. The number of nitrogen functional groups attached to an aromatic ring is 1. The molecule has 0 saturated carbocycles. The number of carbonyl (C=O) groups excluding carboxylic acids is 1. The Morgan fingerprint density at radius 2 is 1.40 bits per heavy atom. The molecule has 2 heterocycles. The Kier molecular flexibility index (Phi) is 6.65. The highest BCUT2D eigenvalue weighted by Crippen LogP contribution is 2.30. The number of hydrogen-bond acceptors (Lipinski definition) is 8. The van der Waals surface area contributed by atoms with Crippen LogP contribution in [0.1, 0.15) is 21.5 Å². The van der Waals surface area contributed by atoms with Crippen molar-refractivity contribution in [2.75, 3.05) is 11.5 Å². The summed E-state index contributed by atoms with van der Waals surface area (Å²) in [4.78, 5) is 42.1. The van der Waals surface area contributed by atoms with Gasteiger partial charge in [-0.2, -0.15) is 0 Å². The number of anilines is 1. The first kappa shape index (κ1) is 24.1. The number of aryl methyl sites for hydroxylation is 2. The summed E-state index contributed by atoms with van der Waals surface area (Å²) in [5.41, 5.74) is 9.59. The van der Waals surface area contributed by atoms with Crippen LogP contribution in [-0.2, 0) is 14.1 Å². The predicted molar refractivity (Wildman–Crippen MR) is 137 cm³/mol. The first-order valence-corrected chi connectivity index (χ1v) is 11.8. The average Bonchev–Trinajstić information content (AvgIpc) is 2.86. The molecule has 2 N–H and O–H groups in total. The number of hydrogen-bond donors (Lipinski definition) is 1. The zero-order valence-corrected chi connectivity index (χ0v) is 20.6. The third kappa shape index (κ3) is 4.78. The minimum Gasteiger partial charge on any atom is -0.384 e. The molecule has 9 nitrogen and oxygen atoms in total. The number of benzene rings is 2. The van der Waals surface area contributed by atoms with Gasteiger partial charge in [0.25, 0.3) is 5.56 Å². The summed E-state index contributed by atoms with van der Waals surface area (Å²) >= 11 is 1.05. The van der Waals surface area contributed by atoms with Crippen LogP contribution in [0.15, 0.2) is 63.3 Å². The summed E-state index contributed by atoms with van der Waals surface area (Å²) in [6.07, 6.45) is 0. The molecular weight excluding hydrogens is 464 g/mol. The molecule has 10 heteroatoms. The van der Waals surface area contributed by atoms with Crippen LogP contribution in [0.25, 0.3) is 22.5 Å². The lowest BCUT2D eigenvalue weighted by Gasteiger charge is -2.11. The second-order valence-corrected chi connectivity index (χ2v) is 9.14. The molecule has 0 radical (unpaired) electrons. The number of rotatable bonds is 6. The largest absolute Gasteiger partial charge is 0.384 e. The number of carbonyl (C=O) groups is 1. The van der Waals surface area contributed by atoms with Crippen molar-refractivity contribution in [2.24, 2.45) is 14.1 Å². The normalized spacial score (nSPS) is 11.0. The highest BCUT2D eigenvalue weighted by molar-refractivity contribution is 7.99. The van der Waals surface area contributed by atoms with Gasteiger partial charge in [-0.25, -0.2) is 9.78 Å². The molecule has 0 aliphatic carbocycles. The van der Waals surface area contributed by atoms with E-state index in [-0.39, 0.29) is 22.3 Å². The number of nitrogens with two attached hydrogens (primary N) is 1. The van der Waals surface area contributed by atoms with Crippen molar-refractivity contribution < 1.29 is 4.79 Å². The van der Waals surface area contributed by atoms with Crippen molar-refractivity contribution in [3.8, 4) is 22.5 Å². The van der Waals surface area contributed by atoms with Crippen LogP contribution in [0.4, 0.5) is 5.82 Å². The maximum Gasteiger partial charge on any atom is 0.332 e. The summed E-state index contributed by atoms with van der Waals surface area (Å²) < 4.78 is 1.93. The summed E-state index contributed by atoms with van der Waals surface area (Å²) in [6.45, 7) is 4.02. The standard InChI is InChI=1S/C25H24N6O3S/c1-14-5-9-16(10-6-14)20-21(17-11-7-15(2)8-12-17)28-29-24(27-20)35-13-18(32)19-22(26)30(3)25(34)31(4)23(19)33/h5-12H,13,26H2,1-4H3. The van der Waals surface area contributed by atoms with Gasteiger partial charge in [0.2, 0.25) is 5.16 Å². The zero-order valence-electron chi connectivity index (χ0n) is 19.8. The summed E-state index contributed by atoms with van der Waals surface area (Å²) in [7, 11) is 2.71. The quantitative estimate of drug-likeness (QED) is 0.324. The highest BCUT2D eigenvalue weighted by Gasteiger charge is 2.21. The topological polar surface area (TPSA) is 126 Å². The first-order chi connectivity index (χ1) is 16.7. The smallest absolute Gasteiger partial charge is 0.332 e. The van der Waals surface area contributed by atoms with E-state index in [1.807, 2.05) is 62.4 Å². The monoisotopic (exact) mass is 488 g/mol. The van der Waals surface area contributed by atoms with Crippen molar-refractivity contribution in [2.45, 2.75) is 19.0 Å². The number of Topliss-reactive ketones (excluding diaryl/α,β-unsaturated/α-hetero) is 1. The van der Waals surface area contributed by atoms with E-state index in [0.717, 1.165) is 43.1 Å². The lowest BCUT2D eigenvalue weighted by atomic mass is 10.0. The predicted octanol–water partition coefficient (Wildman–Crippen LogP) is 2.78. The van der Waals surface area contributed by atoms with E-state index in [1.165, 1.54) is 14.1 Å². The molecule has 35 heavy (non-hydrogen) atoms. The number of nitrogens with zero attached hydrogens (tertiary/aromatic N) is 5. The maximum atomic E-state index is 12.9. The average molecular weight is 489 g/mol. The molecule has 0 aliphatic rings. The fraction of sp³-hybridized carbons (Fsp3) is 0.200. The maximum absolute atomic E-state index is 12.9. The van der Waals surface area contributed by atoms with Gasteiger partial charge in [0.15, 0.2) is 5.78 Å². The second-order valence-electron chi connectivity index (χ2n) is 8.20. The van der Waals surface area contributed by atoms with Crippen LogP contribution in [0.3, 0.4) is 0 Å². The van der Waals surface area contributed by atoms with Crippen LogP contribution in [-0.4, -0.2) is 35.9 Å². The van der Waals surface area contributed by atoms with Gasteiger partial charge in [-0.3, -0.25) is 18.7 Å². The van der Waals surface area contributed by atoms with Crippen molar-refractivity contribution in [1.29, 1.82) is 0 Å².